The number of aryl methyl sites for hydroxylation is 1. The number of aromatic nitrogens is 3. The minimum atomic E-state index is -4.64. The number of sulfonamides is 1. The third-order valence-electron chi connectivity index (χ3n) is 6.21. The van der Waals surface area contributed by atoms with E-state index in [1.165, 1.54) is 41.8 Å². The molecule has 0 N–H and O–H groups in total. The van der Waals surface area contributed by atoms with E-state index in [0.717, 1.165) is 6.07 Å². The molecule has 1 saturated heterocycles. The summed E-state index contributed by atoms with van der Waals surface area (Å²) in [5.41, 5.74) is 0.226. The normalized spacial score (nSPS) is 16.7. The van der Waals surface area contributed by atoms with Crippen LogP contribution in [0, 0.1) is 18.3 Å². The second kappa shape index (κ2) is 9.94. The second-order valence-electron chi connectivity index (χ2n) is 9.00. The van der Waals surface area contributed by atoms with E-state index in [4.69, 9.17) is 9.47 Å². The van der Waals surface area contributed by atoms with Crippen molar-refractivity contribution in [1.82, 2.24) is 19.3 Å². The van der Waals surface area contributed by atoms with Crippen LogP contribution in [0.4, 0.5) is 13.2 Å². The number of hydrogen-bond acceptors (Lipinski definition) is 8. The van der Waals surface area contributed by atoms with Gasteiger partial charge in [-0.15, -0.1) is 0 Å². The Hall–Kier alpha value is -3.60. The zero-order valence-corrected chi connectivity index (χ0v) is 21.0. The molecule has 38 heavy (non-hydrogen) atoms. The van der Waals surface area contributed by atoms with Crippen LogP contribution in [-0.2, 0) is 20.9 Å². The van der Waals surface area contributed by atoms with Crippen molar-refractivity contribution in [2.75, 3.05) is 26.3 Å². The van der Waals surface area contributed by atoms with E-state index in [0.29, 0.717) is 18.4 Å². The second-order valence-corrected chi connectivity index (χ2v) is 10.9. The molecule has 198 valence electrons. The van der Waals surface area contributed by atoms with E-state index in [1.807, 2.05) is 6.07 Å². The third kappa shape index (κ3) is 5.20. The minimum absolute atomic E-state index is 0.0486. The lowest BCUT2D eigenvalue weighted by molar-refractivity contribution is -0.141. The molecule has 0 bridgehead atoms. The Labute approximate surface area is 216 Å². The summed E-state index contributed by atoms with van der Waals surface area (Å²) < 4.78 is 80.2. The van der Waals surface area contributed by atoms with Gasteiger partial charge < -0.3 is 9.47 Å². The van der Waals surface area contributed by atoms with Crippen LogP contribution in [0.1, 0.15) is 41.3 Å². The highest BCUT2D eigenvalue weighted by molar-refractivity contribution is 7.89. The monoisotopic (exact) mass is 545 g/mol. The van der Waals surface area contributed by atoms with E-state index in [1.54, 1.807) is 0 Å². The van der Waals surface area contributed by atoms with Gasteiger partial charge in [0.1, 0.15) is 16.7 Å². The number of halogens is 3. The molecule has 0 unspecified atom stereocenters. The van der Waals surface area contributed by atoms with Crippen LogP contribution in [-0.4, -0.2) is 54.0 Å². The Morgan fingerprint density at radius 2 is 1.87 bits per heavy atom. The van der Waals surface area contributed by atoms with E-state index >= 15 is 0 Å². The summed E-state index contributed by atoms with van der Waals surface area (Å²) in [5.74, 6) is -0.486. The molecule has 2 fully saturated rings. The molecular formula is C25H22F3N5O4S. The Bertz CT molecular complexity index is 1530. The van der Waals surface area contributed by atoms with Gasteiger partial charge in [0.15, 0.2) is 5.75 Å². The molecule has 0 aromatic carbocycles. The van der Waals surface area contributed by atoms with Crippen molar-refractivity contribution in [3.8, 4) is 29.0 Å². The first kappa shape index (κ1) is 26.0. The number of rotatable bonds is 6. The molecule has 13 heteroatoms. The predicted molar refractivity (Wildman–Crippen MR) is 128 cm³/mol. The molecular weight excluding hydrogens is 523 g/mol. The van der Waals surface area contributed by atoms with Crippen molar-refractivity contribution in [2.45, 2.75) is 36.8 Å². The highest BCUT2D eigenvalue weighted by Gasteiger charge is 2.38. The quantitative estimate of drug-likeness (QED) is 0.447. The van der Waals surface area contributed by atoms with Crippen LogP contribution < -0.4 is 4.74 Å². The Morgan fingerprint density at radius 3 is 2.53 bits per heavy atom. The maximum atomic E-state index is 13.6. The zero-order chi connectivity index (χ0) is 27.1. The third-order valence-corrected chi connectivity index (χ3v) is 8.13. The number of hydrogen-bond donors (Lipinski definition) is 0. The van der Waals surface area contributed by atoms with Crippen LogP contribution in [0.5, 0.6) is 11.6 Å². The van der Waals surface area contributed by atoms with E-state index in [-0.39, 0.29) is 71.3 Å². The molecule has 3 aromatic rings. The highest BCUT2D eigenvalue weighted by Crippen LogP contribution is 2.47. The fraction of sp³-hybridized carbons (Fsp3) is 0.360. The fourth-order valence-electron chi connectivity index (χ4n) is 4.12. The number of nitrogens with zero attached hydrogens (tertiary/aromatic N) is 5. The molecule has 9 nitrogen and oxygen atoms in total. The molecule has 1 aliphatic heterocycles. The van der Waals surface area contributed by atoms with Crippen molar-refractivity contribution in [3.05, 3.63) is 59.2 Å². The lowest BCUT2D eigenvalue weighted by Gasteiger charge is -2.27. The molecule has 0 radical (unpaired) electrons. The van der Waals surface area contributed by atoms with Crippen molar-refractivity contribution < 1.29 is 31.1 Å². The van der Waals surface area contributed by atoms with Crippen molar-refractivity contribution >= 4 is 10.0 Å². The molecule has 1 saturated carbocycles. The lowest BCUT2D eigenvalue weighted by atomic mass is 10.1. The van der Waals surface area contributed by atoms with Gasteiger partial charge in [-0.25, -0.2) is 18.4 Å². The van der Waals surface area contributed by atoms with Crippen molar-refractivity contribution in [1.29, 1.82) is 5.26 Å². The summed E-state index contributed by atoms with van der Waals surface area (Å²) in [6.45, 7) is 2.17. The number of nitriles is 1. The largest absolute Gasteiger partial charge is 0.435 e. The fourth-order valence-corrected chi connectivity index (χ4v) is 5.57. The standard InChI is InChI=1S/C25H22F3N5O4S/c1-15-10-21(25(26,27)28)32-22(17-2-3-17)23(15)37-24-20(38(34,35)33-6-8-36-9-7-33)5-4-19(31-24)18-11-16(12-29)13-30-14-18/h4-5,10-11,13-14,17H,2-3,6-9H2,1H3. The molecule has 0 atom stereocenters. The van der Waals surface area contributed by atoms with Crippen LogP contribution in [0.3, 0.4) is 0 Å². The zero-order valence-electron chi connectivity index (χ0n) is 20.2. The number of alkyl halides is 3. The minimum Gasteiger partial charge on any atom is -0.435 e. The molecule has 1 aliphatic carbocycles. The van der Waals surface area contributed by atoms with Gasteiger partial charge in [-0.3, -0.25) is 4.98 Å². The van der Waals surface area contributed by atoms with Gasteiger partial charge in [0.05, 0.1) is 30.2 Å². The van der Waals surface area contributed by atoms with Gasteiger partial charge >= 0.3 is 6.18 Å². The van der Waals surface area contributed by atoms with Crippen molar-refractivity contribution in [3.63, 3.8) is 0 Å². The average molecular weight is 546 g/mol. The summed E-state index contributed by atoms with van der Waals surface area (Å²) in [7, 11) is -4.09. The van der Waals surface area contributed by atoms with E-state index in [2.05, 4.69) is 15.0 Å². The SMILES string of the molecule is Cc1cc(C(F)(F)F)nc(C2CC2)c1Oc1nc(-c2cncc(C#N)c2)ccc1S(=O)(=O)N1CCOCC1. The average Bonchev–Trinajstić information content (AvgIpc) is 3.75. The van der Waals surface area contributed by atoms with E-state index in [9.17, 15) is 26.9 Å². The summed E-state index contributed by atoms with van der Waals surface area (Å²) >= 11 is 0. The smallest absolute Gasteiger partial charge is 0.433 e. The molecule has 0 amide bonds. The lowest BCUT2D eigenvalue weighted by Crippen LogP contribution is -2.40. The molecule has 4 heterocycles. The summed E-state index contributed by atoms with van der Waals surface area (Å²) in [6, 6.07) is 7.21. The molecule has 0 spiro atoms. The maximum Gasteiger partial charge on any atom is 0.433 e. The number of pyridine rings is 3. The Kier molecular flexibility index (Phi) is 6.81. The van der Waals surface area contributed by atoms with Crippen LogP contribution in [0.15, 0.2) is 41.6 Å². The predicted octanol–water partition coefficient (Wildman–Crippen LogP) is 4.43. The molecule has 5 rings (SSSR count). The van der Waals surface area contributed by atoms with Gasteiger partial charge in [-0.05, 0) is 49.6 Å². The van der Waals surface area contributed by atoms with Gasteiger partial charge in [0.25, 0.3) is 0 Å². The maximum absolute atomic E-state index is 13.6. The van der Waals surface area contributed by atoms with Crippen LogP contribution in [0.2, 0.25) is 0 Å². The van der Waals surface area contributed by atoms with Gasteiger partial charge in [0.2, 0.25) is 15.9 Å². The highest BCUT2D eigenvalue weighted by atomic mass is 32.2. The van der Waals surface area contributed by atoms with Crippen LogP contribution in [0.25, 0.3) is 11.3 Å². The van der Waals surface area contributed by atoms with Gasteiger partial charge in [-0.1, -0.05) is 0 Å². The van der Waals surface area contributed by atoms with Gasteiger partial charge in [0, 0.05) is 37.0 Å². The first-order valence-corrected chi connectivity index (χ1v) is 13.2. The van der Waals surface area contributed by atoms with E-state index < -0.39 is 21.9 Å². The first-order chi connectivity index (χ1) is 18.1. The Morgan fingerprint density at radius 1 is 1.13 bits per heavy atom. The van der Waals surface area contributed by atoms with Gasteiger partial charge in [-0.2, -0.15) is 22.7 Å². The summed E-state index contributed by atoms with van der Waals surface area (Å²) in [6.07, 6.45) is -0.526. The number of morpholine rings is 1. The molecule has 2 aliphatic rings. The van der Waals surface area contributed by atoms with Crippen molar-refractivity contribution in [2.24, 2.45) is 0 Å². The summed E-state index contributed by atoms with van der Waals surface area (Å²) in [5, 5.41) is 9.23. The molecule has 3 aromatic heterocycles. The summed E-state index contributed by atoms with van der Waals surface area (Å²) in [4.78, 5) is 12.1. The first-order valence-electron chi connectivity index (χ1n) is 11.8. The number of ether oxygens (including phenoxy) is 2. The Balaban J connectivity index is 1.65. The topological polar surface area (TPSA) is 118 Å². The van der Waals surface area contributed by atoms with Crippen LogP contribution >= 0.6 is 0 Å².